The fourth-order valence-corrected chi connectivity index (χ4v) is 2.40. The molecule has 22 heavy (non-hydrogen) atoms. The van der Waals surface area contributed by atoms with Crippen molar-refractivity contribution in [3.8, 4) is 0 Å². The van der Waals surface area contributed by atoms with Crippen LogP contribution in [0.25, 0.3) is 5.57 Å². The van der Waals surface area contributed by atoms with Crippen LogP contribution < -0.4 is 5.32 Å². The first-order chi connectivity index (χ1) is 10.6. The van der Waals surface area contributed by atoms with Crippen molar-refractivity contribution < 1.29 is 4.79 Å². The first kappa shape index (κ1) is 14.4. The van der Waals surface area contributed by atoms with Gasteiger partial charge in [0.15, 0.2) is 17.4 Å². The van der Waals surface area contributed by atoms with E-state index in [1.165, 1.54) is 0 Å². The highest BCUT2D eigenvalue weighted by atomic mass is 16.1. The van der Waals surface area contributed by atoms with Crippen LogP contribution in [0.2, 0.25) is 0 Å². The molecule has 0 fully saturated rings. The lowest BCUT2D eigenvalue weighted by molar-refractivity contribution is -0.114. The average molecular weight is 297 g/mol. The van der Waals surface area contributed by atoms with Crippen LogP contribution >= 0.6 is 0 Å². The Labute approximate surface area is 129 Å². The average Bonchev–Trinajstić information content (AvgIpc) is 2.96. The third kappa shape index (κ3) is 3.21. The molecule has 1 aliphatic rings. The number of hydrogen-bond acceptors (Lipinski definition) is 5. The predicted molar refractivity (Wildman–Crippen MR) is 84.8 cm³/mol. The van der Waals surface area contributed by atoms with E-state index >= 15 is 0 Å². The summed E-state index contributed by atoms with van der Waals surface area (Å²) in [6, 6.07) is 1.96. The van der Waals surface area contributed by atoms with Gasteiger partial charge >= 0.3 is 0 Å². The third-order valence-corrected chi connectivity index (χ3v) is 3.64. The number of aromatic nitrogens is 4. The van der Waals surface area contributed by atoms with E-state index in [1.807, 2.05) is 6.07 Å². The molecule has 6 heteroatoms. The first-order valence-electron chi connectivity index (χ1n) is 7.50. The lowest BCUT2D eigenvalue weighted by Crippen LogP contribution is -2.05. The number of carbonyl (C=O) groups is 1. The standard InChI is InChI=1S/C16H19N5O/c1-10(2)13-7-15(21-20-13)19-16-9-17-8-14(18-16)11-4-3-5-12(22)6-11/h6-10H,3-5H2,1-2H3,(H2,18,19,20,21). The first-order valence-corrected chi connectivity index (χ1v) is 7.50. The van der Waals surface area contributed by atoms with Gasteiger partial charge in [-0.05, 0) is 30.4 Å². The van der Waals surface area contributed by atoms with E-state index in [9.17, 15) is 4.79 Å². The van der Waals surface area contributed by atoms with E-state index in [1.54, 1.807) is 18.5 Å². The SMILES string of the molecule is CC(C)c1cc(Nc2cncc(C3=CC(=O)CCC3)n2)n[nH]1. The maximum Gasteiger partial charge on any atom is 0.156 e. The number of nitrogens with one attached hydrogen (secondary N) is 2. The normalized spacial score (nSPS) is 15.0. The third-order valence-electron chi connectivity index (χ3n) is 3.64. The second kappa shape index (κ2) is 6.09. The molecule has 0 saturated carbocycles. The van der Waals surface area contributed by atoms with E-state index in [2.05, 4.69) is 39.3 Å². The lowest BCUT2D eigenvalue weighted by Gasteiger charge is -2.11. The minimum absolute atomic E-state index is 0.162. The minimum atomic E-state index is 0.162. The van der Waals surface area contributed by atoms with E-state index in [0.717, 1.165) is 29.8 Å². The molecule has 0 bridgehead atoms. The van der Waals surface area contributed by atoms with Gasteiger partial charge in [-0.2, -0.15) is 5.10 Å². The summed E-state index contributed by atoms with van der Waals surface area (Å²) >= 11 is 0. The molecule has 3 rings (SSSR count). The molecule has 114 valence electrons. The molecule has 0 unspecified atom stereocenters. The quantitative estimate of drug-likeness (QED) is 0.905. The van der Waals surface area contributed by atoms with E-state index < -0.39 is 0 Å². The highest BCUT2D eigenvalue weighted by Crippen LogP contribution is 2.25. The van der Waals surface area contributed by atoms with Crippen LogP contribution in [0.1, 0.15) is 50.4 Å². The van der Waals surface area contributed by atoms with Crippen molar-refractivity contribution in [2.75, 3.05) is 5.32 Å². The van der Waals surface area contributed by atoms with Crippen LogP contribution in [0, 0.1) is 0 Å². The smallest absolute Gasteiger partial charge is 0.156 e. The minimum Gasteiger partial charge on any atom is -0.322 e. The largest absolute Gasteiger partial charge is 0.322 e. The molecule has 0 saturated heterocycles. The second-order valence-electron chi connectivity index (χ2n) is 5.77. The Balaban J connectivity index is 1.80. The summed E-state index contributed by atoms with van der Waals surface area (Å²) in [4.78, 5) is 20.3. The number of aromatic amines is 1. The molecule has 0 spiro atoms. The predicted octanol–water partition coefficient (Wildman–Crippen LogP) is 3.20. The molecular formula is C16H19N5O. The van der Waals surface area contributed by atoms with Crippen LogP contribution in [0.4, 0.5) is 11.6 Å². The van der Waals surface area contributed by atoms with Crippen LogP contribution in [0.5, 0.6) is 0 Å². The molecule has 6 nitrogen and oxygen atoms in total. The number of allylic oxidation sites excluding steroid dienone is 2. The zero-order valence-corrected chi connectivity index (χ0v) is 12.8. The number of carbonyl (C=O) groups excluding carboxylic acids is 1. The van der Waals surface area contributed by atoms with Gasteiger partial charge in [-0.15, -0.1) is 0 Å². The van der Waals surface area contributed by atoms with Crippen LogP contribution in [0.15, 0.2) is 24.5 Å². The summed E-state index contributed by atoms with van der Waals surface area (Å²) in [5.74, 6) is 1.89. The number of nitrogens with zero attached hydrogens (tertiary/aromatic N) is 3. The Kier molecular flexibility index (Phi) is 4.00. The van der Waals surface area contributed by atoms with E-state index in [0.29, 0.717) is 24.0 Å². The van der Waals surface area contributed by atoms with Gasteiger partial charge < -0.3 is 5.32 Å². The summed E-state index contributed by atoms with van der Waals surface area (Å²) in [6.45, 7) is 4.20. The van der Waals surface area contributed by atoms with Crippen molar-refractivity contribution >= 4 is 23.0 Å². The van der Waals surface area contributed by atoms with Crippen molar-refractivity contribution in [1.29, 1.82) is 0 Å². The molecule has 0 amide bonds. The summed E-state index contributed by atoms with van der Waals surface area (Å²) in [7, 11) is 0. The van der Waals surface area contributed by atoms with Gasteiger partial charge in [-0.3, -0.25) is 14.9 Å². The van der Waals surface area contributed by atoms with E-state index in [-0.39, 0.29) is 5.78 Å². The highest BCUT2D eigenvalue weighted by molar-refractivity contribution is 5.97. The summed E-state index contributed by atoms with van der Waals surface area (Å²) in [5.41, 5.74) is 2.77. The van der Waals surface area contributed by atoms with Crippen molar-refractivity contribution in [2.45, 2.75) is 39.0 Å². The zero-order valence-electron chi connectivity index (χ0n) is 12.8. The molecule has 2 aromatic heterocycles. The summed E-state index contributed by atoms with van der Waals surface area (Å²) < 4.78 is 0. The highest BCUT2D eigenvalue weighted by Gasteiger charge is 2.13. The van der Waals surface area contributed by atoms with Crippen molar-refractivity contribution in [1.82, 2.24) is 20.2 Å². The van der Waals surface area contributed by atoms with Gasteiger partial charge in [-0.1, -0.05) is 13.8 Å². The fourth-order valence-electron chi connectivity index (χ4n) is 2.40. The number of H-pyrrole nitrogens is 1. The van der Waals surface area contributed by atoms with Crippen molar-refractivity contribution in [2.24, 2.45) is 0 Å². The van der Waals surface area contributed by atoms with Gasteiger partial charge in [0, 0.05) is 18.2 Å². The molecule has 1 aliphatic carbocycles. The molecule has 0 aromatic carbocycles. The molecule has 2 heterocycles. The van der Waals surface area contributed by atoms with Crippen molar-refractivity contribution in [3.05, 3.63) is 35.9 Å². The van der Waals surface area contributed by atoms with Gasteiger partial charge in [-0.25, -0.2) is 4.98 Å². The van der Waals surface area contributed by atoms with Crippen molar-refractivity contribution in [3.63, 3.8) is 0 Å². The number of ketones is 1. The second-order valence-corrected chi connectivity index (χ2v) is 5.77. The van der Waals surface area contributed by atoms with Crippen LogP contribution in [-0.2, 0) is 4.79 Å². The number of rotatable bonds is 4. The number of hydrogen-bond donors (Lipinski definition) is 2. The Morgan fingerprint density at radius 3 is 2.82 bits per heavy atom. The molecule has 2 aromatic rings. The molecule has 0 aliphatic heterocycles. The van der Waals surface area contributed by atoms with E-state index in [4.69, 9.17) is 0 Å². The zero-order chi connectivity index (χ0) is 15.5. The Bertz CT molecular complexity index is 717. The van der Waals surface area contributed by atoms with Gasteiger partial charge in [0.05, 0.1) is 18.1 Å². The topological polar surface area (TPSA) is 83.6 Å². The van der Waals surface area contributed by atoms with Crippen LogP contribution in [-0.4, -0.2) is 25.9 Å². The maximum atomic E-state index is 11.5. The Morgan fingerprint density at radius 2 is 2.09 bits per heavy atom. The fraction of sp³-hybridized carbons (Fsp3) is 0.375. The maximum absolute atomic E-state index is 11.5. The monoisotopic (exact) mass is 297 g/mol. The number of anilines is 2. The molecular weight excluding hydrogens is 278 g/mol. The Hall–Kier alpha value is -2.50. The summed E-state index contributed by atoms with van der Waals surface area (Å²) in [5, 5.41) is 10.3. The van der Waals surface area contributed by atoms with Gasteiger partial charge in [0.1, 0.15) is 0 Å². The molecule has 2 N–H and O–H groups in total. The summed E-state index contributed by atoms with van der Waals surface area (Å²) in [6.07, 6.45) is 7.39. The molecule has 0 radical (unpaired) electrons. The lowest BCUT2D eigenvalue weighted by atomic mass is 9.96. The van der Waals surface area contributed by atoms with Gasteiger partial charge in [0.2, 0.25) is 0 Å². The van der Waals surface area contributed by atoms with Crippen LogP contribution in [0.3, 0.4) is 0 Å². The Morgan fingerprint density at radius 1 is 1.23 bits per heavy atom. The van der Waals surface area contributed by atoms with Gasteiger partial charge in [0.25, 0.3) is 0 Å². The molecule has 0 atom stereocenters.